The van der Waals surface area contributed by atoms with Crippen LogP contribution < -0.4 is 4.90 Å². The van der Waals surface area contributed by atoms with E-state index < -0.39 is 0 Å². The Morgan fingerprint density at radius 2 is 2.18 bits per heavy atom. The summed E-state index contributed by atoms with van der Waals surface area (Å²) in [4.78, 5) is 7.04. The highest BCUT2D eigenvalue weighted by molar-refractivity contribution is 7.22. The summed E-state index contributed by atoms with van der Waals surface area (Å²) in [5.41, 5.74) is 1.06. The molecule has 1 aromatic carbocycles. The van der Waals surface area contributed by atoms with Gasteiger partial charge in [-0.05, 0) is 19.1 Å². The van der Waals surface area contributed by atoms with Crippen LogP contribution >= 0.6 is 11.3 Å². The summed E-state index contributed by atoms with van der Waals surface area (Å²) in [7, 11) is 1.68. The first kappa shape index (κ1) is 13.7. The van der Waals surface area contributed by atoms with Crippen LogP contribution in [0, 0.1) is 0 Å². The van der Waals surface area contributed by atoms with Gasteiger partial charge in [-0.3, -0.25) is 0 Å². The van der Waals surface area contributed by atoms with E-state index in [9.17, 15) is 0 Å². The molecule has 0 spiro atoms. The zero-order valence-electron chi connectivity index (χ0n) is 12.6. The van der Waals surface area contributed by atoms with Crippen LogP contribution in [-0.2, 0) is 17.9 Å². The minimum Gasteiger partial charge on any atom is -0.377 e. The van der Waals surface area contributed by atoms with Gasteiger partial charge >= 0.3 is 0 Å². The first-order chi connectivity index (χ1) is 10.8. The van der Waals surface area contributed by atoms with Crippen molar-refractivity contribution < 1.29 is 4.74 Å². The zero-order valence-corrected chi connectivity index (χ0v) is 13.4. The lowest BCUT2D eigenvalue weighted by atomic mass is 10.2. The number of hydrogen-bond acceptors (Lipinski definition) is 6. The lowest BCUT2D eigenvalue weighted by Crippen LogP contribution is -2.37. The van der Waals surface area contributed by atoms with Crippen molar-refractivity contribution in [2.75, 3.05) is 18.6 Å². The fourth-order valence-electron chi connectivity index (χ4n) is 2.98. The maximum Gasteiger partial charge on any atom is 0.186 e. The molecule has 4 rings (SSSR count). The average molecular weight is 315 g/mol. The third-order valence-corrected chi connectivity index (χ3v) is 5.02. The van der Waals surface area contributed by atoms with E-state index in [4.69, 9.17) is 9.72 Å². The standard InChI is InChI=1S/C15H17N5OS/c1-10-7-19(8-13-17-18-14(9-21-2)20(10)13)15-16-11-5-3-4-6-12(11)22-15/h3-6,10H,7-9H2,1-2H3/t10-/m0/s1. The van der Waals surface area contributed by atoms with Crippen molar-refractivity contribution in [3.8, 4) is 0 Å². The van der Waals surface area contributed by atoms with Gasteiger partial charge in [0.1, 0.15) is 6.61 Å². The second-order valence-corrected chi connectivity index (χ2v) is 6.54. The fraction of sp³-hybridized carbons (Fsp3) is 0.400. The van der Waals surface area contributed by atoms with Crippen molar-refractivity contribution in [2.24, 2.45) is 0 Å². The van der Waals surface area contributed by atoms with Gasteiger partial charge in [0.05, 0.1) is 22.8 Å². The summed E-state index contributed by atoms with van der Waals surface area (Å²) in [5.74, 6) is 1.87. The molecule has 114 valence electrons. The molecule has 22 heavy (non-hydrogen) atoms. The van der Waals surface area contributed by atoms with Gasteiger partial charge in [0.2, 0.25) is 0 Å². The lowest BCUT2D eigenvalue weighted by Gasteiger charge is -2.32. The van der Waals surface area contributed by atoms with Crippen molar-refractivity contribution in [1.29, 1.82) is 0 Å². The molecule has 0 unspecified atom stereocenters. The quantitative estimate of drug-likeness (QED) is 0.743. The van der Waals surface area contributed by atoms with Gasteiger partial charge in [0.25, 0.3) is 0 Å². The van der Waals surface area contributed by atoms with Gasteiger partial charge in [0, 0.05) is 13.7 Å². The molecule has 0 amide bonds. The van der Waals surface area contributed by atoms with E-state index in [-0.39, 0.29) is 0 Å². The van der Waals surface area contributed by atoms with Gasteiger partial charge in [-0.2, -0.15) is 0 Å². The van der Waals surface area contributed by atoms with Crippen LogP contribution in [-0.4, -0.2) is 33.4 Å². The minimum atomic E-state index is 0.302. The van der Waals surface area contributed by atoms with E-state index >= 15 is 0 Å². The van der Waals surface area contributed by atoms with Crippen molar-refractivity contribution in [1.82, 2.24) is 19.7 Å². The topological polar surface area (TPSA) is 56.1 Å². The van der Waals surface area contributed by atoms with Crippen LogP contribution in [0.4, 0.5) is 5.13 Å². The Balaban J connectivity index is 1.67. The molecule has 0 radical (unpaired) electrons. The molecule has 1 aliphatic rings. The van der Waals surface area contributed by atoms with Crippen LogP contribution in [0.1, 0.15) is 24.6 Å². The Morgan fingerprint density at radius 3 is 3.00 bits per heavy atom. The monoisotopic (exact) mass is 315 g/mol. The summed E-state index contributed by atoms with van der Waals surface area (Å²) in [6.45, 7) is 4.33. The summed E-state index contributed by atoms with van der Waals surface area (Å²) < 4.78 is 8.61. The van der Waals surface area contributed by atoms with Gasteiger partial charge in [-0.15, -0.1) is 10.2 Å². The smallest absolute Gasteiger partial charge is 0.186 e. The zero-order chi connectivity index (χ0) is 15.1. The fourth-order valence-corrected chi connectivity index (χ4v) is 3.96. The highest BCUT2D eigenvalue weighted by Crippen LogP contribution is 2.32. The Hall–Kier alpha value is -1.99. The number of ether oxygens (including phenoxy) is 1. The second-order valence-electron chi connectivity index (χ2n) is 5.53. The first-order valence-electron chi connectivity index (χ1n) is 7.28. The van der Waals surface area contributed by atoms with Crippen LogP contribution in [0.2, 0.25) is 0 Å². The number of para-hydroxylation sites is 1. The predicted octanol–water partition coefficient (Wildman–Crippen LogP) is 2.62. The molecule has 3 aromatic rings. The van der Waals surface area contributed by atoms with Crippen molar-refractivity contribution in [3.05, 3.63) is 35.9 Å². The van der Waals surface area contributed by atoms with Gasteiger partial charge in [0.15, 0.2) is 16.8 Å². The number of methoxy groups -OCH3 is 1. The van der Waals surface area contributed by atoms with Crippen LogP contribution in [0.25, 0.3) is 10.2 Å². The van der Waals surface area contributed by atoms with Crippen LogP contribution in [0.3, 0.4) is 0 Å². The number of thiazole rings is 1. The van der Waals surface area contributed by atoms with E-state index in [1.807, 2.05) is 6.07 Å². The maximum atomic E-state index is 5.20. The Bertz CT molecular complexity index is 778. The lowest BCUT2D eigenvalue weighted by molar-refractivity contribution is 0.171. The van der Waals surface area contributed by atoms with Gasteiger partial charge in [-0.1, -0.05) is 23.5 Å². The Morgan fingerprint density at radius 1 is 1.32 bits per heavy atom. The summed E-state index contributed by atoms with van der Waals surface area (Å²) >= 11 is 1.73. The Labute approximate surface area is 132 Å². The number of benzene rings is 1. The predicted molar refractivity (Wildman–Crippen MR) is 86.1 cm³/mol. The van der Waals surface area contributed by atoms with Gasteiger partial charge < -0.3 is 14.2 Å². The van der Waals surface area contributed by atoms with Crippen LogP contribution in [0.15, 0.2) is 24.3 Å². The molecule has 0 N–H and O–H groups in total. The molecule has 3 heterocycles. The molecule has 0 aliphatic carbocycles. The van der Waals surface area contributed by atoms with Crippen molar-refractivity contribution in [2.45, 2.75) is 26.1 Å². The average Bonchev–Trinajstić information content (AvgIpc) is 3.11. The molecular formula is C15H17N5OS. The van der Waals surface area contributed by atoms with E-state index in [0.29, 0.717) is 12.6 Å². The van der Waals surface area contributed by atoms with Crippen LogP contribution in [0.5, 0.6) is 0 Å². The third kappa shape index (κ3) is 2.17. The number of aromatic nitrogens is 4. The molecule has 0 saturated carbocycles. The molecule has 6 nitrogen and oxygen atoms in total. The number of nitrogens with zero attached hydrogens (tertiary/aromatic N) is 5. The molecule has 1 aliphatic heterocycles. The first-order valence-corrected chi connectivity index (χ1v) is 8.10. The largest absolute Gasteiger partial charge is 0.377 e. The number of anilines is 1. The number of rotatable bonds is 3. The van der Waals surface area contributed by atoms with E-state index in [2.05, 4.69) is 44.8 Å². The highest BCUT2D eigenvalue weighted by Gasteiger charge is 2.27. The molecule has 2 aromatic heterocycles. The molecule has 0 fully saturated rings. The molecule has 1 atom stereocenters. The SMILES string of the molecule is COCc1nnc2n1[C@@H](C)CN(c1nc3ccccc3s1)C2. The normalized spacial score (nSPS) is 17.9. The maximum absolute atomic E-state index is 5.20. The molecular weight excluding hydrogens is 298 g/mol. The molecule has 0 bridgehead atoms. The minimum absolute atomic E-state index is 0.302. The van der Waals surface area contributed by atoms with Crippen molar-refractivity contribution in [3.63, 3.8) is 0 Å². The second kappa shape index (κ2) is 5.33. The van der Waals surface area contributed by atoms with E-state index in [1.165, 1.54) is 4.70 Å². The summed E-state index contributed by atoms with van der Waals surface area (Å²) in [5, 5.41) is 9.63. The van der Waals surface area contributed by atoms with Crippen molar-refractivity contribution >= 4 is 26.7 Å². The molecule has 0 saturated heterocycles. The number of hydrogen-bond donors (Lipinski definition) is 0. The highest BCUT2D eigenvalue weighted by atomic mass is 32.1. The third-order valence-electron chi connectivity index (χ3n) is 3.92. The summed E-state index contributed by atoms with van der Waals surface area (Å²) in [6.07, 6.45) is 0. The van der Waals surface area contributed by atoms with E-state index in [1.54, 1.807) is 18.4 Å². The number of fused-ring (bicyclic) bond motifs is 2. The molecule has 7 heteroatoms. The van der Waals surface area contributed by atoms with E-state index in [0.717, 1.165) is 35.4 Å². The summed E-state index contributed by atoms with van der Waals surface area (Å²) in [6, 6.07) is 8.55. The Kier molecular flexibility index (Phi) is 3.31. The van der Waals surface area contributed by atoms with Gasteiger partial charge in [-0.25, -0.2) is 4.98 Å².